The van der Waals surface area contributed by atoms with Crippen molar-refractivity contribution in [2.45, 2.75) is 0 Å². The van der Waals surface area contributed by atoms with Crippen LogP contribution < -0.4 is 4.74 Å². The Kier molecular flexibility index (Phi) is 2.88. The van der Waals surface area contributed by atoms with E-state index in [0.29, 0.717) is 10.8 Å². The molecular formula is C8H6BrClN4O. The van der Waals surface area contributed by atoms with E-state index in [2.05, 4.69) is 31.5 Å². The summed E-state index contributed by atoms with van der Waals surface area (Å²) in [6.07, 6.45) is 0. The normalized spacial score (nSPS) is 10.3. The molecule has 0 N–H and O–H groups in total. The fraction of sp³-hybridized carbons (Fsp3) is 0.125. The molecule has 0 spiro atoms. The van der Waals surface area contributed by atoms with E-state index >= 15 is 0 Å². The van der Waals surface area contributed by atoms with Gasteiger partial charge in [0.1, 0.15) is 0 Å². The number of rotatable bonds is 2. The maximum atomic E-state index is 5.94. The van der Waals surface area contributed by atoms with E-state index in [1.54, 1.807) is 19.2 Å². The molecule has 0 atom stereocenters. The summed E-state index contributed by atoms with van der Waals surface area (Å²) < 4.78 is 7.71. The molecule has 0 radical (unpaired) electrons. The van der Waals surface area contributed by atoms with E-state index in [0.717, 1.165) is 4.47 Å². The molecular weight excluding hydrogens is 283 g/mol. The van der Waals surface area contributed by atoms with Crippen LogP contribution in [0.4, 0.5) is 0 Å². The van der Waals surface area contributed by atoms with E-state index in [9.17, 15) is 0 Å². The number of nitrogens with zero attached hydrogens (tertiary/aromatic N) is 4. The van der Waals surface area contributed by atoms with Gasteiger partial charge in [0.05, 0.1) is 5.02 Å². The van der Waals surface area contributed by atoms with Gasteiger partial charge in [0.15, 0.2) is 5.75 Å². The largest absolute Gasteiger partial charge is 0.422 e. The van der Waals surface area contributed by atoms with Crippen molar-refractivity contribution in [2.24, 2.45) is 7.05 Å². The predicted molar refractivity (Wildman–Crippen MR) is 58.0 cm³/mol. The number of aromatic nitrogens is 4. The van der Waals surface area contributed by atoms with Gasteiger partial charge in [0.2, 0.25) is 0 Å². The zero-order chi connectivity index (χ0) is 10.8. The van der Waals surface area contributed by atoms with Crippen LogP contribution in [-0.4, -0.2) is 20.2 Å². The van der Waals surface area contributed by atoms with Gasteiger partial charge < -0.3 is 4.74 Å². The summed E-state index contributed by atoms with van der Waals surface area (Å²) in [6, 6.07) is 5.58. The van der Waals surface area contributed by atoms with Crippen molar-refractivity contribution < 1.29 is 4.74 Å². The Morgan fingerprint density at radius 1 is 1.47 bits per heavy atom. The second kappa shape index (κ2) is 4.16. The molecule has 2 aromatic rings. The first-order chi connectivity index (χ1) is 7.16. The standard InChI is InChI=1S/C8H6BrClN4O/c1-14-8(11-12-13-14)15-7-4-5(9)2-3-6(7)10/h2-4H,1H3. The lowest BCUT2D eigenvalue weighted by atomic mass is 10.3. The van der Waals surface area contributed by atoms with Gasteiger partial charge in [0.25, 0.3) is 0 Å². The van der Waals surface area contributed by atoms with Gasteiger partial charge in [-0.15, -0.1) is 0 Å². The smallest absolute Gasteiger partial charge is 0.340 e. The van der Waals surface area contributed by atoms with E-state index < -0.39 is 0 Å². The van der Waals surface area contributed by atoms with Crippen molar-refractivity contribution in [1.82, 2.24) is 20.2 Å². The molecule has 78 valence electrons. The fourth-order valence-corrected chi connectivity index (χ4v) is 1.46. The average molecular weight is 290 g/mol. The molecule has 7 heteroatoms. The van der Waals surface area contributed by atoms with E-state index in [1.165, 1.54) is 4.68 Å². The van der Waals surface area contributed by atoms with Crippen LogP contribution in [0.25, 0.3) is 0 Å². The van der Waals surface area contributed by atoms with Gasteiger partial charge in [-0.2, -0.15) is 4.68 Å². The van der Waals surface area contributed by atoms with Crippen LogP contribution in [0.3, 0.4) is 0 Å². The van der Waals surface area contributed by atoms with Crippen LogP contribution in [0, 0.1) is 0 Å². The SMILES string of the molecule is Cn1nnnc1Oc1cc(Br)ccc1Cl. The van der Waals surface area contributed by atoms with Crippen molar-refractivity contribution in [1.29, 1.82) is 0 Å². The minimum absolute atomic E-state index is 0.287. The minimum atomic E-state index is 0.287. The van der Waals surface area contributed by atoms with Crippen LogP contribution in [0.15, 0.2) is 22.7 Å². The third kappa shape index (κ3) is 2.27. The Morgan fingerprint density at radius 3 is 2.93 bits per heavy atom. The molecule has 0 aliphatic rings. The molecule has 15 heavy (non-hydrogen) atoms. The summed E-state index contributed by atoms with van der Waals surface area (Å²) in [4.78, 5) is 0. The third-order valence-corrected chi connectivity index (χ3v) is 2.48. The number of hydrogen-bond donors (Lipinski definition) is 0. The molecule has 0 saturated carbocycles. The lowest BCUT2D eigenvalue weighted by Crippen LogP contribution is -1.96. The topological polar surface area (TPSA) is 52.8 Å². The molecule has 0 aliphatic carbocycles. The number of tetrazole rings is 1. The Labute approximate surface area is 99.1 Å². The first-order valence-corrected chi connectivity index (χ1v) is 5.19. The van der Waals surface area contributed by atoms with Crippen LogP contribution in [0.5, 0.6) is 11.8 Å². The van der Waals surface area contributed by atoms with Crippen molar-refractivity contribution in [2.75, 3.05) is 0 Å². The van der Waals surface area contributed by atoms with Crippen LogP contribution >= 0.6 is 27.5 Å². The number of benzene rings is 1. The quantitative estimate of drug-likeness (QED) is 0.852. The van der Waals surface area contributed by atoms with E-state index in [4.69, 9.17) is 16.3 Å². The molecule has 0 aliphatic heterocycles. The number of halogens is 2. The highest BCUT2D eigenvalue weighted by Gasteiger charge is 2.08. The first-order valence-electron chi connectivity index (χ1n) is 4.02. The van der Waals surface area contributed by atoms with Gasteiger partial charge in [-0.25, -0.2) is 0 Å². The monoisotopic (exact) mass is 288 g/mol. The van der Waals surface area contributed by atoms with Crippen LogP contribution in [-0.2, 0) is 7.05 Å². The number of aryl methyl sites for hydroxylation is 1. The average Bonchev–Trinajstić information content (AvgIpc) is 2.58. The first kappa shape index (κ1) is 10.4. The molecule has 0 amide bonds. The Hall–Kier alpha value is -1.14. The van der Waals surface area contributed by atoms with Crippen molar-refractivity contribution in [3.05, 3.63) is 27.7 Å². The van der Waals surface area contributed by atoms with Crippen molar-refractivity contribution in [3.63, 3.8) is 0 Å². The molecule has 5 nitrogen and oxygen atoms in total. The Balaban J connectivity index is 2.32. The zero-order valence-electron chi connectivity index (χ0n) is 7.69. The molecule has 0 fully saturated rings. The number of hydrogen-bond acceptors (Lipinski definition) is 4. The van der Waals surface area contributed by atoms with Gasteiger partial charge >= 0.3 is 6.01 Å². The van der Waals surface area contributed by atoms with E-state index in [1.807, 2.05) is 6.07 Å². The summed E-state index contributed by atoms with van der Waals surface area (Å²) >= 11 is 9.26. The third-order valence-electron chi connectivity index (χ3n) is 1.68. The van der Waals surface area contributed by atoms with Crippen molar-refractivity contribution in [3.8, 4) is 11.8 Å². The molecule has 1 heterocycles. The maximum absolute atomic E-state index is 5.94. The Morgan fingerprint density at radius 2 is 2.27 bits per heavy atom. The summed E-state index contributed by atoms with van der Waals surface area (Å²) in [5.41, 5.74) is 0. The van der Waals surface area contributed by atoms with Gasteiger partial charge in [-0.1, -0.05) is 32.6 Å². The molecule has 0 bridgehead atoms. The van der Waals surface area contributed by atoms with Crippen LogP contribution in [0.2, 0.25) is 5.02 Å². The fourth-order valence-electron chi connectivity index (χ4n) is 0.961. The van der Waals surface area contributed by atoms with Crippen LogP contribution in [0.1, 0.15) is 0 Å². The van der Waals surface area contributed by atoms with E-state index in [-0.39, 0.29) is 6.01 Å². The second-order valence-corrected chi connectivity index (χ2v) is 4.08. The summed E-state index contributed by atoms with van der Waals surface area (Å²) in [6.45, 7) is 0. The predicted octanol–water partition coefficient (Wildman–Crippen LogP) is 2.42. The lowest BCUT2D eigenvalue weighted by Gasteiger charge is -2.05. The zero-order valence-corrected chi connectivity index (χ0v) is 10.0. The molecule has 1 aromatic heterocycles. The second-order valence-electron chi connectivity index (χ2n) is 2.76. The maximum Gasteiger partial charge on any atom is 0.340 e. The van der Waals surface area contributed by atoms with Gasteiger partial charge in [0, 0.05) is 11.5 Å². The summed E-state index contributed by atoms with van der Waals surface area (Å²) in [7, 11) is 1.68. The highest BCUT2D eigenvalue weighted by molar-refractivity contribution is 9.10. The highest BCUT2D eigenvalue weighted by atomic mass is 79.9. The van der Waals surface area contributed by atoms with Gasteiger partial charge in [-0.3, -0.25) is 0 Å². The highest BCUT2D eigenvalue weighted by Crippen LogP contribution is 2.30. The molecule has 0 unspecified atom stereocenters. The minimum Gasteiger partial charge on any atom is -0.422 e. The molecule has 2 rings (SSSR count). The summed E-state index contributed by atoms with van der Waals surface area (Å²) in [5, 5.41) is 11.3. The molecule has 0 saturated heterocycles. The lowest BCUT2D eigenvalue weighted by molar-refractivity contribution is 0.414. The van der Waals surface area contributed by atoms with Gasteiger partial charge in [-0.05, 0) is 28.6 Å². The number of ether oxygens (including phenoxy) is 1. The molecule has 1 aromatic carbocycles. The summed E-state index contributed by atoms with van der Waals surface area (Å²) in [5.74, 6) is 0.504. The Bertz CT molecular complexity index is 487. The van der Waals surface area contributed by atoms with Crippen molar-refractivity contribution >= 4 is 27.5 Å².